The van der Waals surface area contributed by atoms with Gasteiger partial charge in [-0.2, -0.15) is 5.10 Å². The molecule has 2 rings (SSSR count). The van der Waals surface area contributed by atoms with Crippen molar-refractivity contribution in [3.05, 3.63) is 42.5 Å². The number of ether oxygens (including phenoxy) is 1. The number of hydrogen-bond acceptors (Lipinski definition) is 3. The van der Waals surface area contributed by atoms with Gasteiger partial charge in [-0.15, -0.1) is 0 Å². The number of rotatable bonds is 7. The summed E-state index contributed by atoms with van der Waals surface area (Å²) in [5, 5.41) is 4.15. The molecule has 2 aromatic rings. The van der Waals surface area contributed by atoms with Crippen LogP contribution in [0.3, 0.4) is 0 Å². The van der Waals surface area contributed by atoms with Crippen molar-refractivity contribution in [2.75, 3.05) is 7.11 Å². The normalized spacial score (nSPS) is 12.3. The molecule has 1 atom stereocenters. The minimum atomic E-state index is 0.570. The Morgan fingerprint density at radius 3 is 2.58 bits per heavy atom. The van der Waals surface area contributed by atoms with Crippen LogP contribution in [0, 0.1) is 0 Å². The highest BCUT2D eigenvalue weighted by atomic mass is 16.5. The van der Waals surface area contributed by atoms with Crippen molar-refractivity contribution >= 4 is 0 Å². The van der Waals surface area contributed by atoms with Gasteiger partial charge in [-0.05, 0) is 36.5 Å². The summed E-state index contributed by atoms with van der Waals surface area (Å²) in [6.45, 7) is 3.14. The van der Waals surface area contributed by atoms with Crippen LogP contribution >= 0.6 is 0 Å². The van der Waals surface area contributed by atoms with Crippen molar-refractivity contribution in [3.63, 3.8) is 0 Å². The molecule has 0 saturated heterocycles. The van der Waals surface area contributed by atoms with Gasteiger partial charge in [0.2, 0.25) is 0 Å². The first-order valence-electron chi connectivity index (χ1n) is 6.80. The molecule has 0 spiro atoms. The molecule has 0 aliphatic heterocycles. The molecule has 0 fully saturated rings. The zero-order valence-corrected chi connectivity index (χ0v) is 11.6. The lowest BCUT2D eigenvalue weighted by molar-refractivity contribution is 0.414. The molecule has 19 heavy (non-hydrogen) atoms. The Hall–Kier alpha value is -1.84. The van der Waals surface area contributed by atoms with Crippen LogP contribution in [0.25, 0.3) is 0 Å². The first-order chi connectivity index (χ1) is 9.33. The first kappa shape index (κ1) is 13.6. The molecule has 1 aromatic carbocycles. The second-order valence-electron chi connectivity index (χ2n) is 4.71. The van der Waals surface area contributed by atoms with Gasteiger partial charge in [0.15, 0.2) is 0 Å². The van der Waals surface area contributed by atoms with E-state index in [4.69, 9.17) is 4.74 Å². The maximum Gasteiger partial charge on any atom is 0.137 e. The Labute approximate surface area is 114 Å². The highest BCUT2D eigenvalue weighted by Gasteiger charge is 2.11. The Balaban J connectivity index is 2.01. The third kappa shape index (κ3) is 3.81. The van der Waals surface area contributed by atoms with Gasteiger partial charge >= 0.3 is 0 Å². The molecule has 0 saturated carbocycles. The van der Waals surface area contributed by atoms with Crippen molar-refractivity contribution in [2.45, 2.75) is 38.6 Å². The van der Waals surface area contributed by atoms with Gasteiger partial charge in [0, 0.05) is 6.54 Å². The van der Waals surface area contributed by atoms with E-state index in [1.165, 1.54) is 18.4 Å². The lowest BCUT2D eigenvalue weighted by Gasteiger charge is -2.17. The zero-order chi connectivity index (χ0) is 13.5. The van der Waals surface area contributed by atoms with Gasteiger partial charge in [-0.3, -0.25) is 4.68 Å². The fourth-order valence-corrected chi connectivity index (χ4v) is 2.34. The maximum atomic E-state index is 5.21. The van der Waals surface area contributed by atoms with Crippen LogP contribution in [0.1, 0.15) is 37.7 Å². The molecule has 4 nitrogen and oxygen atoms in total. The SMILES string of the molecule is CCC[C@@H](CCn1cncn1)c1ccc(OC)cc1. The molecule has 0 amide bonds. The van der Waals surface area contributed by atoms with Crippen molar-refractivity contribution < 1.29 is 4.74 Å². The smallest absolute Gasteiger partial charge is 0.137 e. The van der Waals surface area contributed by atoms with Crippen LogP contribution in [-0.4, -0.2) is 21.9 Å². The highest BCUT2D eigenvalue weighted by molar-refractivity contribution is 5.29. The number of benzene rings is 1. The molecule has 0 aliphatic rings. The van der Waals surface area contributed by atoms with Gasteiger partial charge in [0.25, 0.3) is 0 Å². The number of nitrogens with zero attached hydrogens (tertiary/aromatic N) is 3. The Bertz CT molecular complexity index is 465. The third-order valence-electron chi connectivity index (χ3n) is 3.40. The van der Waals surface area contributed by atoms with Crippen molar-refractivity contribution in [1.82, 2.24) is 14.8 Å². The summed E-state index contributed by atoms with van der Waals surface area (Å²) in [7, 11) is 1.70. The first-order valence-corrected chi connectivity index (χ1v) is 6.80. The van der Waals surface area contributed by atoms with Gasteiger partial charge in [-0.1, -0.05) is 25.5 Å². The van der Waals surface area contributed by atoms with Crippen molar-refractivity contribution in [1.29, 1.82) is 0 Å². The predicted octanol–water partition coefficient (Wildman–Crippen LogP) is 3.26. The second-order valence-corrected chi connectivity index (χ2v) is 4.71. The zero-order valence-electron chi connectivity index (χ0n) is 11.6. The quantitative estimate of drug-likeness (QED) is 0.766. The average Bonchev–Trinajstić information content (AvgIpc) is 2.97. The fourth-order valence-electron chi connectivity index (χ4n) is 2.34. The predicted molar refractivity (Wildman–Crippen MR) is 75.3 cm³/mol. The molecule has 0 aliphatic carbocycles. The topological polar surface area (TPSA) is 39.9 Å². The molecular weight excluding hydrogens is 238 g/mol. The molecule has 0 radical (unpaired) electrons. The van der Waals surface area contributed by atoms with Gasteiger partial charge < -0.3 is 4.74 Å². The Kier molecular flexibility index (Phi) is 4.95. The van der Waals surface area contributed by atoms with E-state index < -0.39 is 0 Å². The largest absolute Gasteiger partial charge is 0.497 e. The van der Waals surface area contributed by atoms with E-state index in [0.717, 1.165) is 18.7 Å². The number of hydrogen-bond donors (Lipinski definition) is 0. The van der Waals surface area contributed by atoms with Crippen LogP contribution in [0.15, 0.2) is 36.9 Å². The Morgan fingerprint density at radius 1 is 1.21 bits per heavy atom. The van der Waals surface area contributed by atoms with E-state index in [1.807, 2.05) is 16.8 Å². The van der Waals surface area contributed by atoms with E-state index in [1.54, 1.807) is 19.8 Å². The van der Waals surface area contributed by atoms with Crippen LogP contribution in [0.2, 0.25) is 0 Å². The monoisotopic (exact) mass is 259 g/mol. The molecule has 0 N–H and O–H groups in total. The van der Waals surface area contributed by atoms with E-state index >= 15 is 0 Å². The summed E-state index contributed by atoms with van der Waals surface area (Å²) in [6, 6.07) is 8.40. The summed E-state index contributed by atoms with van der Waals surface area (Å²) < 4.78 is 7.10. The lowest BCUT2D eigenvalue weighted by atomic mass is 9.91. The molecule has 1 aromatic heterocycles. The number of aryl methyl sites for hydroxylation is 1. The lowest BCUT2D eigenvalue weighted by Crippen LogP contribution is -2.06. The highest BCUT2D eigenvalue weighted by Crippen LogP contribution is 2.27. The summed E-state index contributed by atoms with van der Waals surface area (Å²) in [6.07, 6.45) is 6.83. The van der Waals surface area contributed by atoms with Crippen LogP contribution in [-0.2, 0) is 6.54 Å². The second kappa shape index (κ2) is 6.92. The van der Waals surface area contributed by atoms with Gasteiger partial charge in [-0.25, -0.2) is 4.98 Å². The third-order valence-corrected chi connectivity index (χ3v) is 3.40. The van der Waals surface area contributed by atoms with Gasteiger partial charge in [0.05, 0.1) is 7.11 Å². The van der Waals surface area contributed by atoms with E-state index in [-0.39, 0.29) is 0 Å². The van der Waals surface area contributed by atoms with E-state index in [9.17, 15) is 0 Å². The average molecular weight is 259 g/mol. The number of aromatic nitrogens is 3. The maximum absolute atomic E-state index is 5.21. The Morgan fingerprint density at radius 2 is 2.00 bits per heavy atom. The van der Waals surface area contributed by atoms with Crippen LogP contribution in [0.5, 0.6) is 5.75 Å². The summed E-state index contributed by atoms with van der Waals surface area (Å²) >= 11 is 0. The molecule has 0 bridgehead atoms. The molecule has 4 heteroatoms. The van der Waals surface area contributed by atoms with E-state index in [2.05, 4.69) is 29.1 Å². The molecule has 0 unspecified atom stereocenters. The molecule has 102 valence electrons. The van der Waals surface area contributed by atoms with Crippen LogP contribution < -0.4 is 4.74 Å². The van der Waals surface area contributed by atoms with Gasteiger partial charge in [0.1, 0.15) is 18.4 Å². The summed E-state index contributed by atoms with van der Waals surface area (Å²) in [4.78, 5) is 3.98. The standard InChI is InChI=1S/C15H21N3O/c1-3-4-13(9-10-18-12-16-11-17-18)14-5-7-15(19-2)8-6-14/h5-8,11-13H,3-4,9-10H2,1-2H3/t13-/m0/s1. The minimum Gasteiger partial charge on any atom is -0.497 e. The summed E-state index contributed by atoms with van der Waals surface area (Å²) in [5.74, 6) is 1.48. The van der Waals surface area contributed by atoms with Crippen LogP contribution in [0.4, 0.5) is 0 Å². The van der Waals surface area contributed by atoms with E-state index in [0.29, 0.717) is 5.92 Å². The number of methoxy groups -OCH3 is 1. The summed E-state index contributed by atoms with van der Waals surface area (Å²) in [5.41, 5.74) is 1.38. The minimum absolute atomic E-state index is 0.570. The van der Waals surface area contributed by atoms with Crippen molar-refractivity contribution in [2.24, 2.45) is 0 Å². The van der Waals surface area contributed by atoms with Crippen molar-refractivity contribution in [3.8, 4) is 5.75 Å². The fraction of sp³-hybridized carbons (Fsp3) is 0.467. The molecule has 1 heterocycles. The molecular formula is C15H21N3O.